The fraction of sp³-hybridized carbons (Fsp3) is 0.125. The zero-order chi connectivity index (χ0) is 22.1. The fourth-order valence-corrected chi connectivity index (χ4v) is 3.67. The molecule has 0 bridgehead atoms. The molecule has 0 amide bonds. The maximum absolute atomic E-state index is 13.7. The standard InChI is InChI=1S/C24H19NO6/c1-29-17-10-8-14(9-11-17)22(26)21-20(24(28)31-3)18(23(27)30-2)13-16-12-15-6-4-5-7-19(15)25(16)21/h4-13H,1-3H3. The van der Waals surface area contributed by atoms with Crippen molar-refractivity contribution in [3.05, 3.63) is 83.0 Å². The lowest BCUT2D eigenvalue weighted by Gasteiger charge is -2.15. The summed E-state index contributed by atoms with van der Waals surface area (Å²) in [7, 11) is 3.94. The number of benzene rings is 2. The molecule has 2 aromatic carbocycles. The first-order valence-electron chi connectivity index (χ1n) is 9.42. The van der Waals surface area contributed by atoms with Crippen LogP contribution in [0.5, 0.6) is 5.75 Å². The van der Waals surface area contributed by atoms with Crippen LogP contribution < -0.4 is 4.74 Å². The molecule has 0 saturated carbocycles. The van der Waals surface area contributed by atoms with Crippen molar-refractivity contribution in [2.24, 2.45) is 0 Å². The summed E-state index contributed by atoms with van der Waals surface area (Å²) in [5.41, 5.74) is 1.45. The maximum Gasteiger partial charge on any atom is 0.341 e. The molecule has 7 nitrogen and oxygen atoms in total. The highest BCUT2D eigenvalue weighted by Gasteiger charge is 2.30. The second-order valence-corrected chi connectivity index (χ2v) is 6.79. The molecule has 0 saturated heterocycles. The van der Waals surface area contributed by atoms with E-state index in [4.69, 9.17) is 14.2 Å². The van der Waals surface area contributed by atoms with Crippen LogP contribution >= 0.6 is 0 Å². The first-order chi connectivity index (χ1) is 15.0. The number of carbonyl (C=O) groups excluding carboxylic acids is 3. The van der Waals surface area contributed by atoms with Gasteiger partial charge >= 0.3 is 11.9 Å². The predicted molar refractivity (Wildman–Crippen MR) is 114 cm³/mol. The van der Waals surface area contributed by atoms with E-state index >= 15 is 0 Å². The third kappa shape index (κ3) is 3.30. The molecule has 2 aromatic heterocycles. The number of ether oxygens (including phenoxy) is 3. The van der Waals surface area contributed by atoms with Crippen LogP contribution in [0, 0.1) is 0 Å². The highest BCUT2D eigenvalue weighted by molar-refractivity contribution is 6.18. The number of fused-ring (bicyclic) bond motifs is 3. The Morgan fingerprint density at radius 2 is 1.48 bits per heavy atom. The quantitative estimate of drug-likeness (QED) is 0.362. The van der Waals surface area contributed by atoms with Crippen molar-refractivity contribution < 1.29 is 28.6 Å². The highest BCUT2D eigenvalue weighted by atomic mass is 16.5. The minimum atomic E-state index is -0.808. The van der Waals surface area contributed by atoms with E-state index in [-0.39, 0.29) is 16.8 Å². The number of methoxy groups -OCH3 is 3. The van der Waals surface area contributed by atoms with Crippen molar-refractivity contribution in [3.8, 4) is 5.75 Å². The van der Waals surface area contributed by atoms with Crippen LogP contribution in [0.1, 0.15) is 36.8 Å². The molecular weight excluding hydrogens is 398 g/mol. The normalized spacial score (nSPS) is 10.8. The van der Waals surface area contributed by atoms with E-state index in [2.05, 4.69) is 0 Å². The molecule has 0 radical (unpaired) electrons. The Hall–Kier alpha value is -4.13. The molecule has 7 heteroatoms. The number of hydrogen-bond acceptors (Lipinski definition) is 6. The minimum absolute atomic E-state index is 0.0242. The smallest absolute Gasteiger partial charge is 0.341 e. The molecule has 0 aliphatic rings. The largest absolute Gasteiger partial charge is 0.497 e. The van der Waals surface area contributed by atoms with Gasteiger partial charge in [0.1, 0.15) is 17.0 Å². The van der Waals surface area contributed by atoms with Crippen LogP contribution in [-0.2, 0) is 9.47 Å². The number of para-hydroxylation sites is 1. The third-order valence-electron chi connectivity index (χ3n) is 5.12. The summed E-state index contributed by atoms with van der Waals surface area (Å²) >= 11 is 0. The van der Waals surface area contributed by atoms with Crippen molar-refractivity contribution in [1.29, 1.82) is 0 Å². The summed E-state index contributed by atoms with van der Waals surface area (Å²) in [5.74, 6) is -1.40. The van der Waals surface area contributed by atoms with Gasteiger partial charge in [0.2, 0.25) is 5.78 Å². The molecule has 31 heavy (non-hydrogen) atoms. The maximum atomic E-state index is 13.7. The van der Waals surface area contributed by atoms with Gasteiger partial charge in [0.25, 0.3) is 0 Å². The highest BCUT2D eigenvalue weighted by Crippen LogP contribution is 2.29. The van der Waals surface area contributed by atoms with Crippen molar-refractivity contribution in [1.82, 2.24) is 4.40 Å². The SMILES string of the molecule is COC(=O)c1cc2cc3ccccc3n2c(C(=O)c2ccc(OC)cc2)c1C(=O)OC. The van der Waals surface area contributed by atoms with E-state index in [1.165, 1.54) is 27.4 Å². The van der Waals surface area contributed by atoms with Crippen LogP contribution in [0.3, 0.4) is 0 Å². The molecule has 0 unspecified atom stereocenters. The van der Waals surface area contributed by atoms with Gasteiger partial charge in [-0.25, -0.2) is 9.59 Å². The van der Waals surface area contributed by atoms with Crippen LogP contribution in [0.2, 0.25) is 0 Å². The predicted octanol–water partition coefficient (Wildman–Crippen LogP) is 3.91. The molecule has 4 aromatic rings. The monoisotopic (exact) mass is 417 g/mol. The zero-order valence-corrected chi connectivity index (χ0v) is 17.2. The van der Waals surface area contributed by atoms with Crippen LogP contribution in [0.25, 0.3) is 16.4 Å². The summed E-state index contributed by atoms with van der Waals surface area (Å²) in [6, 6.07) is 17.3. The number of nitrogens with zero attached hydrogens (tertiary/aromatic N) is 1. The number of aromatic nitrogens is 1. The van der Waals surface area contributed by atoms with Gasteiger partial charge in [-0.3, -0.25) is 4.79 Å². The van der Waals surface area contributed by atoms with E-state index in [0.717, 1.165) is 10.9 Å². The van der Waals surface area contributed by atoms with Gasteiger partial charge in [0.05, 0.1) is 32.4 Å². The van der Waals surface area contributed by atoms with Gasteiger partial charge in [-0.15, -0.1) is 0 Å². The Labute approximate surface area is 177 Å². The molecule has 0 spiro atoms. The molecule has 156 valence electrons. The lowest BCUT2D eigenvalue weighted by atomic mass is 9.98. The molecule has 0 aliphatic carbocycles. The number of hydrogen-bond donors (Lipinski definition) is 0. The van der Waals surface area contributed by atoms with E-state index in [1.807, 2.05) is 30.3 Å². The summed E-state index contributed by atoms with van der Waals surface area (Å²) in [6.07, 6.45) is 0. The average molecular weight is 417 g/mol. The Kier molecular flexibility index (Phi) is 5.17. The van der Waals surface area contributed by atoms with E-state index in [9.17, 15) is 14.4 Å². The summed E-state index contributed by atoms with van der Waals surface area (Å²) in [4.78, 5) is 39.0. The van der Waals surface area contributed by atoms with Gasteiger partial charge < -0.3 is 18.6 Å². The Morgan fingerprint density at radius 1 is 0.806 bits per heavy atom. The van der Waals surface area contributed by atoms with Gasteiger partial charge in [-0.1, -0.05) is 18.2 Å². The Bertz CT molecular complexity index is 1330. The number of esters is 2. The molecular formula is C24H19NO6. The van der Waals surface area contributed by atoms with Crippen molar-refractivity contribution in [3.63, 3.8) is 0 Å². The molecule has 4 rings (SSSR count). The lowest BCUT2D eigenvalue weighted by molar-refractivity contribution is 0.0553. The van der Waals surface area contributed by atoms with E-state index in [1.54, 1.807) is 28.7 Å². The topological polar surface area (TPSA) is 83.3 Å². The van der Waals surface area contributed by atoms with Gasteiger partial charge in [-0.05, 0) is 42.5 Å². The summed E-state index contributed by atoms with van der Waals surface area (Å²) < 4.78 is 16.7. The third-order valence-corrected chi connectivity index (χ3v) is 5.12. The number of rotatable bonds is 5. The second-order valence-electron chi connectivity index (χ2n) is 6.79. The molecule has 2 heterocycles. The molecule has 0 N–H and O–H groups in total. The molecule has 0 fully saturated rings. The summed E-state index contributed by atoms with van der Waals surface area (Å²) in [6.45, 7) is 0. The van der Waals surface area contributed by atoms with Crippen molar-refractivity contribution >= 4 is 34.1 Å². The zero-order valence-electron chi connectivity index (χ0n) is 17.2. The van der Waals surface area contributed by atoms with E-state index < -0.39 is 17.7 Å². The van der Waals surface area contributed by atoms with Crippen LogP contribution in [0.15, 0.2) is 60.7 Å². The lowest BCUT2D eigenvalue weighted by Crippen LogP contribution is -2.21. The van der Waals surface area contributed by atoms with Gasteiger partial charge in [0.15, 0.2) is 0 Å². The fourth-order valence-electron chi connectivity index (χ4n) is 3.67. The summed E-state index contributed by atoms with van der Waals surface area (Å²) in [5, 5.41) is 0.851. The van der Waals surface area contributed by atoms with Gasteiger partial charge in [0, 0.05) is 16.5 Å². The number of ketones is 1. The van der Waals surface area contributed by atoms with Crippen LogP contribution in [0.4, 0.5) is 0 Å². The minimum Gasteiger partial charge on any atom is -0.497 e. The first-order valence-corrected chi connectivity index (χ1v) is 9.42. The first kappa shape index (κ1) is 20.2. The second kappa shape index (κ2) is 7.95. The average Bonchev–Trinajstić information content (AvgIpc) is 3.19. The Morgan fingerprint density at radius 3 is 2.13 bits per heavy atom. The van der Waals surface area contributed by atoms with Crippen LogP contribution in [-0.4, -0.2) is 43.5 Å². The molecule has 0 atom stereocenters. The molecule has 0 aliphatic heterocycles. The van der Waals surface area contributed by atoms with Crippen molar-refractivity contribution in [2.75, 3.05) is 21.3 Å². The number of carbonyl (C=O) groups is 3. The van der Waals surface area contributed by atoms with E-state index in [0.29, 0.717) is 16.8 Å². The van der Waals surface area contributed by atoms with Gasteiger partial charge in [-0.2, -0.15) is 0 Å². The Balaban J connectivity index is 2.13. The number of pyridine rings is 1. The van der Waals surface area contributed by atoms with Crippen molar-refractivity contribution in [2.45, 2.75) is 0 Å².